The summed E-state index contributed by atoms with van der Waals surface area (Å²) in [6.07, 6.45) is 1.38. The molecule has 1 aromatic carbocycles. The number of anilines is 2. The fourth-order valence-corrected chi connectivity index (χ4v) is 1.77. The van der Waals surface area contributed by atoms with E-state index in [2.05, 4.69) is 10.3 Å². The van der Waals surface area contributed by atoms with Gasteiger partial charge in [-0.15, -0.1) is 0 Å². The summed E-state index contributed by atoms with van der Waals surface area (Å²) in [7, 11) is 1.55. The molecule has 6 heteroatoms. The average molecular weight is 282 g/mol. The number of methoxy groups -OCH3 is 1. The van der Waals surface area contributed by atoms with Crippen molar-refractivity contribution in [2.24, 2.45) is 0 Å². The largest absolute Gasteiger partial charge is 0.495 e. The zero-order chi connectivity index (χ0) is 13.8. The molecule has 2 aromatic rings. The van der Waals surface area contributed by atoms with Crippen LogP contribution in [0.25, 0.3) is 0 Å². The standard InChI is InChI=1S/C13H13ClFN3O/c1-19-12-3-2-8(4-11(12)16)6-17-13-10(15)5-9(14)7-18-13/h2-5,7H,6,16H2,1H3,(H,17,18). The van der Waals surface area contributed by atoms with Gasteiger partial charge in [0.25, 0.3) is 0 Å². The highest BCUT2D eigenvalue weighted by Gasteiger charge is 2.05. The number of nitrogens with two attached hydrogens (primary N) is 1. The second-order valence-electron chi connectivity index (χ2n) is 3.91. The Hall–Kier alpha value is -2.01. The van der Waals surface area contributed by atoms with Gasteiger partial charge in [0.15, 0.2) is 11.6 Å². The Morgan fingerprint density at radius 2 is 2.21 bits per heavy atom. The first kappa shape index (κ1) is 13.4. The van der Waals surface area contributed by atoms with Gasteiger partial charge in [-0.1, -0.05) is 17.7 Å². The minimum atomic E-state index is -0.492. The van der Waals surface area contributed by atoms with Crippen LogP contribution >= 0.6 is 11.6 Å². The van der Waals surface area contributed by atoms with E-state index in [-0.39, 0.29) is 10.8 Å². The van der Waals surface area contributed by atoms with E-state index < -0.39 is 5.82 Å². The Morgan fingerprint density at radius 1 is 1.42 bits per heavy atom. The molecule has 1 aromatic heterocycles. The smallest absolute Gasteiger partial charge is 0.166 e. The third kappa shape index (κ3) is 3.26. The van der Waals surface area contributed by atoms with Crippen molar-refractivity contribution in [1.82, 2.24) is 4.98 Å². The lowest BCUT2D eigenvalue weighted by Crippen LogP contribution is -2.04. The van der Waals surface area contributed by atoms with Crippen LogP contribution in [0.3, 0.4) is 0 Å². The number of nitrogens with one attached hydrogen (secondary N) is 1. The summed E-state index contributed by atoms with van der Waals surface area (Å²) in [5, 5.41) is 3.14. The maximum Gasteiger partial charge on any atom is 0.166 e. The van der Waals surface area contributed by atoms with Gasteiger partial charge in [-0.2, -0.15) is 0 Å². The van der Waals surface area contributed by atoms with Crippen LogP contribution in [-0.4, -0.2) is 12.1 Å². The predicted molar refractivity (Wildman–Crippen MR) is 73.9 cm³/mol. The van der Waals surface area contributed by atoms with Crippen molar-refractivity contribution in [1.29, 1.82) is 0 Å². The third-order valence-electron chi connectivity index (χ3n) is 2.56. The number of nitrogens with zero attached hydrogens (tertiary/aromatic N) is 1. The third-order valence-corrected chi connectivity index (χ3v) is 2.77. The monoisotopic (exact) mass is 281 g/mol. The van der Waals surface area contributed by atoms with E-state index in [1.165, 1.54) is 12.3 Å². The van der Waals surface area contributed by atoms with E-state index >= 15 is 0 Å². The summed E-state index contributed by atoms with van der Waals surface area (Å²) in [5.74, 6) is 0.271. The molecule has 19 heavy (non-hydrogen) atoms. The van der Waals surface area contributed by atoms with Crippen LogP contribution < -0.4 is 15.8 Å². The quantitative estimate of drug-likeness (QED) is 0.846. The molecule has 0 saturated carbocycles. The minimum absolute atomic E-state index is 0.152. The maximum atomic E-state index is 13.5. The molecule has 0 amide bonds. The van der Waals surface area contributed by atoms with Gasteiger partial charge in [0, 0.05) is 12.7 Å². The van der Waals surface area contributed by atoms with Gasteiger partial charge in [0.1, 0.15) is 5.75 Å². The van der Waals surface area contributed by atoms with Crippen LogP contribution in [0.1, 0.15) is 5.56 Å². The van der Waals surface area contributed by atoms with Crippen molar-refractivity contribution in [2.45, 2.75) is 6.54 Å². The molecule has 100 valence electrons. The summed E-state index contributed by atoms with van der Waals surface area (Å²) in [6.45, 7) is 0.403. The van der Waals surface area contributed by atoms with E-state index in [0.717, 1.165) is 5.56 Å². The molecule has 2 rings (SSSR count). The maximum absolute atomic E-state index is 13.5. The highest BCUT2D eigenvalue weighted by molar-refractivity contribution is 6.30. The second-order valence-corrected chi connectivity index (χ2v) is 4.35. The molecular formula is C13H13ClFN3O. The Labute approximate surface area is 115 Å². The molecule has 0 radical (unpaired) electrons. The van der Waals surface area contributed by atoms with Gasteiger partial charge in [0.05, 0.1) is 17.8 Å². The molecule has 0 fully saturated rings. The lowest BCUT2D eigenvalue weighted by atomic mass is 10.2. The van der Waals surface area contributed by atoms with Crippen molar-refractivity contribution < 1.29 is 9.13 Å². The van der Waals surface area contributed by atoms with Gasteiger partial charge >= 0.3 is 0 Å². The van der Waals surface area contributed by atoms with Gasteiger partial charge in [-0.05, 0) is 23.8 Å². The number of aromatic nitrogens is 1. The van der Waals surface area contributed by atoms with Gasteiger partial charge < -0.3 is 15.8 Å². The van der Waals surface area contributed by atoms with Crippen LogP contribution in [0.15, 0.2) is 30.5 Å². The van der Waals surface area contributed by atoms with E-state index in [4.69, 9.17) is 22.1 Å². The lowest BCUT2D eigenvalue weighted by molar-refractivity contribution is 0.417. The van der Waals surface area contributed by atoms with Crippen LogP contribution in [0, 0.1) is 5.82 Å². The van der Waals surface area contributed by atoms with Gasteiger partial charge in [0.2, 0.25) is 0 Å². The first-order valence-electron chi connectivity index (χ1n) is 5.57. The summed E-state index contributed by atoms with van der Waals surface area (Å²) >= 11 is 5.63. The van der Waals surface area contributed by atoms with Crippen molar-refractivity contribution in [3.05, 3.63) is 46.9 Å². The number of hydrogen-bond acceptors (Lipinski definition) is 4. The first-order chi connectivity index (χ1) is 9.10. The van der Waals surface area contributed by atoms with Crippen molar-refractivity contribution in [3.8, 4) is 5.75 Å². The Kier molecular flexibility index (Phi) is 4.06. The summed E-state index contributed by atoms with van der Waals surface area (Å²) in [6, 6.07) is 6.58. The first-order valence-corrected chi connectivity index (χ1v) is 5.95. The highest BCUT2D eigenvalue weighted by atomic mass is 35.5. The summed E-state index contributed by atoms with van der Waals surface area (Å²) in [4.78, 5) is 3.88. The highest BCUT2D eigenvalue weighted by Crippen LogP contribution is 2.22. The lowest BCUT2D eigenvalue weighted by Gasteiger charge is -2.09. The fraction of sp³-hybridized carbons (Fsp3) is 0.154. The van der Waals surface area contributed by atoms with Gasteiger partial charge in [-0.25, -0.2) is 9.37 Å². The summed E-state index contributed by atoms with van der Waals surface area (Å²) in [5.41, 5.74) is 7.22. The Balaban J connectivity index is 2.08. The van der Waals surface area contributed by atoms with Crippen LogP contribution in [0.2, 0.25) is 5.02 Å². The molecule has 0 bridgehead atoms. The van der Waals surface area contributed by atoms with Crippen molar-refractivity contribution in [3.63, 3.8) is 0 Å². The molecule has 1 heterocycles. The van der Waals surface area contributed by atoms with E-state index in [1.807, 2.05) is 6.07 Å². The predicted octanol–water partition coefficient (Wildman–Crippen LogP) is 3.08. The van der Waals surface area contributed by atoms with Crippen LogP contribution in [0.5, 0.6) is 5.75 Å². The SMILES string of the molecule is COc1ccc(CNc2ncc(Cl)cc2F)cc1N. The molecule has 0 spiro atoms. The Morgan fingerprint density at radius 3 is 2.84 bits per heavy atom. The van der Waals surface area contributed by atoms with Crippen molar-refractivity contribution >= 4 is 23.1 Å². The van der Waals surface area contributed by atoms with Crippen molar-refractivity contribution in [2.75, 3.05) is 18.2 Å². The summed E-state index contributed by atoms with van der Waals surface area (Å²) < 4.78 is 18.6. The zero-order valence-corrected chi connectivity index (χ0v) is 11.0. The number of pyridine rings is 1. The molecule has 0 aliphatic carbocycles. The van der Waals surface area contributed by atoms with Crippen LogP contribution in [0.4, 0.5) is 15.9 Å². The normalized spacial score (nSPS) is 10.3. The van der Waals surface area contributed by atoms with E-state index in [0.29, 0.717) is 18.0 Å². The molecule has 3 N–H and O–H groups in total. The van der Waals surface area contributed by atoms with E-state index in [1.54, 1.807) is 19.2 Å². The molecule has 0 aliphatic rings. The number of benzene rings is 1. The number of rotatable bonds is 4. The second kappa shape index (κ2) is 5.75. The fourth-order valence-electron chi connectivity index (χ4n) is 1.62. The average Bonchev–Trinajstić information content (AvgIpc) is 2.38. The number of ether oxygens (including phenoxy) is 1. The minimum Gasteiger partial charge on any atom is -0.495 e. The molecular weight excluding hydrogens is 269 g/mol. The molecule has 0 saturated heterocycles. The number of nitrogen functional groups attached to an aromatic ring is 1. The number of hydrogen-bond donors (Lipinski definition) is 2. The number of halogens is 2. The molecule has 0 unspecified atom stereocenters. The Bertz CT molecular complexity index is 592. The molecule has 4 nitrogen and oxygen atoms in total. The molecule has 0 aliphatic heterocycles. The zero-order valence-electron chi connectivity index (χ0n) is 10.3. The topological polar surface area (TPSA) is 60.2 Å². The van der Waals surface area contributed by atoms with Gasteiger partial charge in [-0.3, -0.25) is 0 Å². The molecule has 0 atom stereocenters. The van der Waals surface area contributed by atoms with E-state index in [9.17, 15) is 4.39 Å². The van der Waals surface area contributed by atoms with Crippen LogP contribution in [-0.2, 0) is 6.54 Å².